The summed E-state index contributed by atoms with van der Waals surface area (Å²) < 4.78 is 71.4. The fourth-order valence-corrected chi connectivity index (χ4v) is 2.90. The van der Waals surface area contributed by atoms with Gasteiger partial charge in [0.1, 0.15) is 17.3 Å². The van der Waals surface area contributed by atoms with Crippen molar-refractivity contribution in [3.8, 4) is 23.8 Å². The van der Waals surface area contributed by atoms with Gasteiger partial charge in [-0.05, 0) is 30.0 Å². The summed E-state index contributed by atoms with van der Waals surface area (Å²) in [7, 11) is 0. The fourth-order valence-electron chi connectivity index (χ4n) is 2.90. The van der Waals surface area contributed by atoms with Gasteiger partial charge in [-0.3, -0.25) is 4.57 Å². The van der Waals surface area contributed by atoms with Gasteiger partial charge < -0.3 is 9.84 Å². The van der Waals surface area contributed by atoms with E-state index in [0.717, 1.165) is 19.9 Å². The summed E-state index contributed by atoms with van der Waals surface area (Å²) in [6, 6.07) is 3.64. The van der Waals surface area contributed by atoms with E-state index < -0.39 is 42.0 Å². The summed E-state index contributed by atoms with van der Waals surface area (Å²) in [6.07, 6.45) is 0.632. The maximum Gasteiger partial charge on any atom is 0.394 e. The molecule has 0 unspecified atom stereocenters. The SMILES string of the molecule is C#Cc1c(C(=O)O)nc(CC)n1-c1ccc(CC(C)(C)C(F)(F)F)cc1OC(F)F. The molecule has 0 aliphatic rings. The van der Waals surface area contributed by atoms with Crippen LogP contribution in [0.1, 0.15) is 48.3 Å². The maximum absolute atomic E-state index is 13.2. The summed E-state index contributed by atoms with van der Waals surface area (Å²) in [4.78, 5) is 15.4. The second-order valence-electron chi connectivity index (χ2n) is 7.10. The highest BCUT2D eigenvalue weighted by molar-refractivity contribution is 5.88. The lowest BCUT2D eigenvalue weighted by Crippen LogP contribution is -2.34. The van der Waals surface area contributed by atoms with Crippen LogP contribution in [0.5, 0.6) is 5.75 Å². The molecule has 2 rings (SSSR count). The molecule has 1 aromatic heterocycles. The average Bonchev–Trinajstić information content (AvgIpc) is 2.99. The lowest BCUT2D eigenvalue weighted by Gasteiger charge is -2.28. The molecule has 0 aliphatic heterocycles. The van der Waals surface area contributed by atoms with Gasteiger partial charge in [0.15, 0.2) is 5.69 Å². The average molecular weight is 430 g/mol. The summed E-state index contributed by atoms with van der Waals surface area (Å²) >= 11 is 0. The number of carboxylic acid groups (broad SMARTS) is 1. The quantitative estimate of drug-likeness (QED) is 0.504. The molecule has 0 saturated carbocycles. The van der Waals surface area contributed by atoms with E-state index in [-0.39, 0.29) is 29.2 Å². The second kappa shape index (κ2) is 8.34. The van der Waals surface area contributed by atoms with Gasteiger partial charge in [0.2, 0.25) is 0 Å². The number of carbonyl (C=O) groups is 1. The number of alkyl halides is 5. The first kappa shape index (κ1) is 23.2. The number of hydrogen-bond donors (Lipinski definition) is 1. The van der Waals surface area contributed by atoms with Crippen molar-refractivity contribution < 1.29 is 36.6 Å². The largest absolute Gasteiger partial charge is 0.476 e. The Morgan fingerprint density at radius 2 is 1.97 bits per heavy atom. The van der Waals surface area contributed by atoms with Crippen molar-refractivity contribution in [3.05, 3.63) is 41.0 Å². The number of halogens is 5. The second-order valence-corrected chi connectivity index (χ2v) is 7.10. The van der Waals surface area contributed by atoms with E-state index in [9.17, 15) is 31.9 Å². The molecule has 0 amide bonds. The van der Waals surface area contributed by atoms with E-state index in [1.165, 1.54) is 16.7 Å². The molecule has 2 aromatic rings. The molecule has 0 atom stereocenters. The maximum atomic E-state index is 13.2. The van der Waals surface area contributed by atoms with Crippen LogP contribution < -0.4 is 4.74 Å². The molecule has 0 fully saturated rings. The van der Waals surface area contributed by atoms with E-state index in [1.807, 2.05) is 0 Å². The molecule has 0 radical (unpaired) electrons. The van der Waals surface area contributed by atoms with Crippen LogP contribution in [0, 0.1) is 17.8 Å². The van der Waals surface area contributed by atoms with Gasteiger partial charge in [0.05, 0.1) is 11.1 Å². The predicted molar refractivity (Wildman–Crippen MR) is 98.0 cm³/mol. The van der Waals surface area contributed by atoms with Gasteiger partial charge in [0.25, 0.3) is 0 Å². The molecule has 5 nitrogen and oxygen atoms in total. The standard InChI is InChI=1S/C20H19F5N2O3/c1-5-12-16(17(28)29)26-15(6-2)27(12)13-8-7-11(9-14(13)30-18(21)22)10-19(3,4)20(23,24)25/h1,7-9,18H,6,10H2,2-4H3,(H,28,29). The van der Waals surface area contributed by atoms with Crippen LogP contribution in [-0.2, 0) is 12.8 Å². The number of aromatic carboxylic acids is 1. The number of ether oxygens (including phenoxy) is 1. The zero-order valence-electron chi connectivity index (χ0n) is 16.3. The molecule has 0 spiro atoms. The van der Waals surface area contributed by atoms with Crippen molar-refractivity contribution in [2.24, 2.45) is 5.41 Å². The van der Waals surface area contributed by atoms with Gasteiger partial charge in [0, 0.05) is 6.42 Å². The Hall–Kier alpha value is -3.09. The van der Waals surface area contributed by atoms with Gasteiger partial charge in [-0.2, -0.15) is 22.0 Å². The first-order chi connectivity index (χ1) is 13.8. The minimum absolute atomic E-state index is 0.0475. The molecule has 1 N–H and O–H groups in total. The third-order valence-electron chi connectivity index (χ3n) is 4.50. The van der Waals surface area contributed by atoms with Crippen molar-refractivity contribution in [2.75, 3.05) is 0 Å². The lowest BCUT2D eigenvalue weighted by atomic mass is 9.85. The number of imidazole rings is 1. The predicted octanol–water partition coefficient (Wildman–Crippen LogP) is 4.85. The normalized spacial score (nSPS) is 12.1. The molecule has 10 heteroatoms. The van der Waals surface area contributed by atoms with Crippen molar-refractivity contribution in [3.63, 3.8) is 0 Å². The zero-order valence-corrected chi connectivity index (χ0v) is 16.3. The molecule has 0 aliphatic carbocycles. The van der Waals surface area contributed by atoms with Crippen LogP contribution in [0.25, 0.3) is 5.69 Å². The Balaban J connectivity index is 2.68. The van der Waals surface area contributed by atoms with Crippen molar-refractivity contribution >= 4 is 5.97 Å². The van der Waals surface area contributed by atoms with Gasteiger partial charge in [-0.25, -0.2) is 9.78 Å². The van der Waals surface area contributed by atoms with E-state index in [4.69, 9.17) is 6.42 Å². The van der Waals surface area contributed by atoms with Gasteiger partial charge in [-0.15, -0.1) is 6.42 Å². The molecule has 162 valence electrons. The van der Waals surface area contributed by atoms with Gasteiger partial charge >= 0.3 is 18.8 Å². The zero-order chi connectivity index (χ0) is 22.9. The third kappa shape index (κ3) is 4.56. The van der Waals surface area contributed by atoms with E-state index in [1.54, 1.807) is 6.92 Å². The lowest BCUT2D eigenvalue weighted by molar-refractivity contribution is -0.211. The Labute approximate surface area is 169 Å². The highest BCUT2D eigenvalue weighted by Crippen LogP contribution is 2.41. The van der Waals surface area contributed by atoms with Crippen LogP contribution in [-0.4, -0.2) is 33.4 Å². The topological polar surface area (TPSA) is 64.3 Å². The van der Waals surface area contributed by atoms with Gasteiger partial charge in [-0.1, -0.05) is 26.8 Å². The molecule has 0 saturated heterocycles. The smallest absolute Gasteiger partial charge is 0.394 e. The highest BCUT2D eigenvalue weighted by atomic mass is 19.4. The molecular formula is C20H19F5N2O3. The first-order valence-corrected chi connectivity index (χ1v) is 8.78. The molecule has 1 aromatic carbocycles. The third-order valence-corrected chi connectivity index (χ3v) is 4.50. The van der Waals surface area contributed by atoms with Crippen LogP contribution >= 0.6 is 0 Å². The van der Waals surface area contributed by atoms with Crippen LogP contribution in [0.15, 0.2) is 18.2 Å². The number of hydrogen-bond acceptors (Lipinski definition) is 3. The van der Waals surface area contributed by atoms with Crippen molar-refractivity contribution in [2.45, 2.75) is 46.4 Å². The van der Waals surface area contributed by atoms with E-state index in [0.29, 0.717) is 0 Å². The highest BCUT2D eigenvalue weighted by Gasteiger charge is 2.47. The number of rotatable bonds is 7. The summed E-state index contributed by atoms with van der Waals surface area (Å²) in [5, 5.41) is 9.31. The number of aryl methyl sites for hydroxylation is 1. The van der Waals surface area contributed by atoms with Crippen LogP contribution in [0.4, 0.5) is 22.0 Å². The number of terminal acetylenes is 1. The summed E-state index contributed by atoms with van der Waals surface area (Å²) in [5.74, 6) is 0.499. The van der Waals surface area contributed by atoms with Crippen molar-refractivity contribution in [1.82, 2.24) is 9.55 Å². The monoisotopic (exact) mass is 430 g/mol. The first-order valence-electron chi connectivity index (χ1n) is 8.78. The number of carboxylic acids is 1. The Morgan fingerprint density at radius 1 is 1.33 bits per heavy atom. The number of aromatic nitrogens is 2. The fraction of sp³-hybridized carbons (Fsp3) is 0.400. The Bertz CT molecular complexity index is 988. The van der Waals surface area contributed by atoms with Crippen molar-refractivity contribution in [1.29, 1.82) is 0 Å². The van der Waals surface area contributed by atoms with Crippen LogP contribution in [0.2, 0.25) is 0 Å². The number of benzene rings is 1. The molecule has 30 heavy (non-hydrogen) atoms. The molecular weight excluding hydrogens is 411 g/mol. The molecule has 1 heterocycles. The minimum atomic E-state index is -4.51. The molecule has 0 bridgehead atoms. The summed E-state index contributed by atoms with van der Waals surface area (Å²) in [6.45, 7) is 0.375. The van der Waals surface area contributed by atoms with Crippen LogP contribution in [0.3, 0.4) is 0 Å². The summed E-state index contributed by atoms with van der Waals surface area (Å²) in [5.41, 5.74) is -2.69. The number of nitrogens with zero attached hydrogens (tertiary/aromatic N) is 2. The van der Waals surface area contributed by atoms with E-state index >= 15 is 0 Å². The Morgan fingerprint density at radius 3 is 2.43 bits per heavy atom. The minimum Gasteiger partial charge on any atom is -0.476 e. The van der Waals surface area contributed by atoms with E-state index in [2.05, 4.69) is 15.6 Å². The Kier molecular flexibility index (Phi) is 6.45.